The van der Waals surface area contributed by atoms with Crippen molar-refractivity contribution in [2.45, 2.75) is 43.6 Å². The Balaban J connectivity index is 1.45. The van der Waals surface area contributed by atoms with Gasteiger partial charge in [0.15, 0.2) is 5.65 Å². The molecule has 0 aliphatic heterocycles. The lowest BCUT2D eigenvalue weighted by Gasteiger charge is -2.31. The van der Waals surface area contributed by atoms with E-state index in [9.17, 15) is 14.0 Å². The molecule has 0 saturated heterocycles. The van der Waals surface area contributed by atoms with E-state index in [1.54, 1.807) is 43.1 Å². The first kappa shape index (κ1) is 20.4. The molecule has 3 N–H and O–H groups in total. The number of hydrogen-bond acceptors (Lipinski definition) is 7. The number of amides is 1. The zero-order chi connectivity index (χ0) is 22.4. The van der Waals surface area contributed by atoms with Crippen molar-refractivity contribution in [3.8, 4) is 0 Å². The lowest BCUT2D eigenvalue weighted by Crippen LogP contribution is -2.35. The van der Waals surface area contributed by atoms with E-state index in [4.69, 9.17) is 4.74 Å². The van der Waals surface area contributed by atoms with Gasteiger partial charge < -0.3 is 25.3 Å². The number of ether oxygens (including phenoxy) is 1. The number of carbonyl (C=O) groups excluding carboxylic acids is 1. The number of fused-ring (bicyclic) bond motifs is 1. The normalized spacial score (nSPS) is 24.1. The van der Waals surface area contributed by atoms with E-state index in [0.29, 0.717) is 41.4 Å². The quantitative estimate of drug-likeness (QED) is 0.513. The Morgan fingerprint density at radius 1 is 1.31 bits per heavy atom. The van der Waals surface area contributed by atoms with Crippen LogP contribution in [0, 0.1) is 0 Å². The van der Waals surface area contributed by atoms with E-state index >= 15 is 0 Å². The van der Waals surface area contributed by atoms with Crippen molar-refractivity contribution in [3.63, 3.8) is 0 Å². The first-order valence-electron chi connectivity index (χ1n) is 10.5. The Kier molecular flexibility index (Phi) is 5.04. The van der Waals surface area contributed by atoms with Gasteiger partial charge in [-0.2, -0.15) is 9.61 Å². The lowest BCUT2D eigenvalue weighted by atomic mass is 9.90. The molecule has 3 heterocycles. The van der Waals surface area contributed by atoms with Crippen LogP contribution in [0.3, 0.4) is 0 Å². The lowest BCUT2D eigenvalue weighted by molar-refractivity contribution is 0.0936. The van der Waals surface area contributed by atoms with Crippen LogP contribution in [0.5, 0.6) is 0 Å². The fourth-order valence-electron chi connectivity index (χ4n) is 3.97. The predicted octanol–water partition coefficient (Wildman–Crippen LogP) is 1.87. The van der Waals surface area contributed by atoms with Crippen LogP contribution in [0.25, 0.3) is 5.65 Å². The van der Waals surface area contributed by atoms with Crippen LogP contribution in [-0.4, -0.2) is 57.5 Å². The van der Waals surface area contributed by atoms with E-state index in [2.05, 4.69) is 26.0 Å². The molecule has 3 aromatic heterocycles. The number of halogens is 1. The third-order valence-electron chi connectivity index (χ3n) is 6.01. The number of hydrogen-bond donors (Lipinski definition) is 3. The summed E-state index contributed by atoms with van der Waals surface area (Å²) >= 11 is 0. The van der Waals surface area contributed by atoms with Gasteiger partial charge in [-0.3, -0.25) is 9.59 Å². The standard InChI is InChI=1S/C21H24FN7O3/c1-23-18-9-17(25-14-4-3-5-28(21(14)31)12-6-11(22)7-12)27-19-13(10-24-29(18)19)20(30)26-15-8-16(15)32-2/h3-5,9-12,15-16,23H,6-8H2,1-2H3,(H,25,27)(H,26,30)/t11-,12-,15-,16-/m1/s1. The molecule has 32 heavy (non-hydrogen) atoms. The predicted molar refractivity (Wildman–Crippen MR) is 116 cm³/mol. The molecule has 2 saturated carbocycles. The minimum atomic E-state index is -0.855. The van der Waals surface area contributed by atoms with Crippen LogP contribution in [0.2, 0.25) is 0 Å². The van der Waals surface area contributed by atoms with E-state index < -0.39 is 6.17 Å². The maximum atomic E-state index is 13.3. The van der Waals surface area contributed by atoms with Crippen molar-refractivity contribution < 1.29 is 13.9 Å². The van der Waals surface area contributed by atoms with Crippen LogP contribution < -0.4 is 21.5 Å². The molecule has 2 fully saturated rings. The second-order valence-electron chi connectivity index (χ2n) is 8.14. The summed E-state index contributed by atoms with van der Waals surface area (Å²) in [6.45, 7) is 0. The average Bonchev–Trinajstić information content (AvgIpc) is 3.37. The van der Waals surface area contributed by atoms with Gasteiger partial charge in [-0.1, -0.05) is 0 Å². The largest absolute Gasteiger partial charge is 0.379 e. The van der Waals surface area contributed by atoms with E-state index in [1.807, 2.05) is 0 Å². The number of nitrogens with one attached hydrogen (secondary N) is 3. The number of methoxy groups -OCH3 is 1. The van der Waals surface area contributed by atoms with Gasteiger partial charge in [0.2, 0.25) is 0 Å². The summed E-state index contributed by atoms with van der Waals surface area (Å²) in [6, 6.07) is 4.93. The second-order valence-corrected chi connectivity index (χ2v) is 8.14. The Morgan fingerprint density at radius 2 is 2.12 bits per heavy atom. The molecule has 0 bridgehead atoms. The van der Waals surface area contributed by atoms with Crippen LogP contribution >= 0.6 is 0 Å². The Labute approximate surface area is 182 Å². The monoisotopic (exact) mass is 441 g/mol. The van der Waals surface area contributed by atoms with Crippen molar-refractivity contribution in [3.05, 3.63) is 46.5 Å². The number of rotatable bonds is 7. The molecule has 0 radical (unpaired) electrons. The van der Waals surface area contributed by atoms with Gasteiger partial charge in [0, 0.05) is 32.5 Å². The Morgan fingerprint density at radius 3 is 2.81 bits per heavy atom. The molecule has 5 rings (SSSR count). The van der Waals surface area contributed by atoms with Gasteiger partial charge in [0.25, 0.3) is 11.5 Å². The molecular formula is C21H24FN7O3. The summed E-state index contributed by atoms with van der Waals surface area (Å²) in [4.78, 5) is 30.2. The number of alkyl halides is 1. The minimum Gasteiger partial charge on any atom is -0.379 e. The van der Waals surface area contributed by atoms with Crippen molar-refractivity contribution in [2.24, 2.45) is 0 Å². The van der Waals surface area contributed by atoms with Crippen molar-refractivity contribution in [1.29, 1.82) is 0 Å². The molecule has 11 heteroatoms. The van der Waals surface area contributed by atoms with E-state index in [0.717, 1.165) is 6.42 Å². The SMILES string of the molecule is CNc1cc(Nc2cccn([C@H]3C[C@H](F)C3)c2=O)nc2c(C(=O)N[C@@H]3C[C@H]3OC)cnn12. The number of aromatic nitrogens is 4. The summed E-state index contributed by atoms with van der Waals surface area (Å²) in [6.07, 6.45) is 3.77. The highest BCUT2D eigenvalue weighted by Gasteiger charge is 2.39. The summed E-state index contributed by atoms with van der Waals surface area (Å²) in [7, 11) is 3.34. The first-order valence-corrected chi connectivity index (χ1v) is 10.5. The summed E-state index contributed by atoms with van der Waals surface area (Å²) in [5, 5.41) is 13.3. The minimum absolute atomic E-state index is 0.0225. The van der Waals surface area contributed by atoms with Gasteiger partial charge in [0.1, 0.15) is 29.1 Å². The van der Waals surface area contributed by atoms with Crippen molar-refractivity contribution in [2.75, 3.05) is 24.8 Å². The summed E-state index contributed by atoms with van der Waals surface area (Å²) in [5.74, 6) is 0.682. The smallest absolute Gasteiger partial charge is 0.274 e. The number of carbonyl (C=O) groups is 1. The zero-order valence-electron chi connectivity index (χ0n) is 17.7. The summed E-state index contributed by atoms with van der Waals surface area (Å²) < 4.78 is 21.6. The molecule has 0 unspecified atom stereocenters. The van der Waals surface area contributed by atoms with Crippen LogP contribution in [0.1, 0.15) is 35.7 Å². The molecule has 168 valence electrons. The van der Waals surface area contributed by atoms with Crippen molar-refractivity contribution >= 4 is 28.9 Å². The van der Waals surface area contributed by atoms with Crippen molar-refractivity contribution in [1.82, 2.24) is 24.5 Å². The third-order valence-corrected chi connectivity index (χ3v) is 6.01. The number of pyridine rings is 1. The highest BCUT2D eigenvalue weighted by Crippen LogP contribution is 2.33. The second kappa shape index (κ2) is 7.90. The molecule has 0 aromatic carbocycles. The maximum Gasteiger partial charge on any atom is 0.274 e. The molecular weight excluding hydrogens is 417 g/mol. The van der Waals surface area contributed by atoms with Gasteiger partial charge in [-0.15, -0.1) is 0 Å². The highest BCUT2D eigenvalue weighted by atomic mass is 19.1. The molecule has 2 atom stereocenters. The van der Waals surface area contributed by atoms with Crippen LogP contribution in [-0.2, 0) is 4.74 Å². The van der Waals surface area contributed by atoms with Gasteiger partial charge in [0.05, 0.1) is 18.3 Å². The molecule has 2 aliphatic carbocycles. The first-order chi connectivity index (χ1) is 15.5. The fourth-order valence-corrected chi connectivity index (χ4v) is 3.97. The highest BCUT2D eigenvalue weighted by molar-refractivity contribution is 6.00. The van der Waals surface area contributed by atoms with Crippen LogP contribution in [0.4, 0.5) is 21.7 Å². The molecule has 1 amide bonds. The maximum absolute atomic E-state index is 13.3. The zero-order valence-corrected chi connectivity index (χ0v) is 17.7. The number of anilines is 3. The van der Waals surface area contributed by atoms with Gasteiger partial charge >= 0.3 is 0 Å². The molecule has 2 aliphatic rings. The van der Waals surface area contributed by atoms with Crippen LogP contribution in [0.15, 0.2) is 35.4 Å². The average molecular weight is 441 g/mol. The Bertz CT molecular complexity index is 1230. The van der Waals surface area contributed by atoms with Gasteiger partial charge in [-0.25, -0.2) is 9.37 Å². The Hall–Kier alpha value is -3.47. The number of nitrogens with zero attached hydrogens (tertiary/aromatic N) is 4. The molecule has 0 spiro atoms. The fraction of sp³-hybridized carbons (Fsp3) is 0.429. The van der Waals surface area contributed by atoms with Gasteiger partial charge in [-0.05, 0) is 31.4 Å². The van der Waals surface area contributed by atoms with E-state index in [1.165, 1.54) is 10.7 Å². The molecule has 3 aromatic rings. The third kappa shape index (κ3) is 3.58. The molecule has 10 nitrogen and oxygen atoms in total. The topological polar surface area (TPSA) is 115 Å². The van der Waals surface area contributed by atoms with E-state index in [-0.39, 0.29) is 29.7 Å². The summed E-state index contributed by atoms with van der Waals surface area (Å²) in [5.41, 5.74) is 0.742.